The van der Waals surface area contributed by atoms with E-state index in [0.717, 1.165) is 37.4 Å². The Morgan fingerprint density at radius 2 is 2.10 bits per heavy atom. The van der Waals surface area contributed by atoms with E-state index in [0.29, 0.717) is 13.2 Å². The minimum absolute atomic E-state index is 0.633. The standard InChI is InChI=1S/C15H16N2O2S/c1-2-12-13(19-6-5-18-12)7-10(1)8-15-17-11-3-4-16-9-14(11)20-15/h1-2,7,16H,3-6,8-9H2. The molecule has 2 aliphatic heterocycles. The molecule has 0 radical (unpaired) electrons. The fourth-order valence-electron chi connectivity index (χ4n) is 2.63. The third-order valence-electron chi connectivity index (χ3n) is 3.61. The van der Waals surface area contributed by atoms with Crippen LogP contribution >= 0.6 is 11.3 Å². The molecule has 1 aromatic heterocycles. The highest BCUT2D eigenvalue weighted by atomic mass is 32.1. The van der Waals surface area contributed by atoms with Crippen LogP contribution in [0, 0.1) is 0 Å². The topological polar surface area (TPSA) is 43.4 Å². The molecule has 4 rings (SSSR count). The zero-order valence-electron chi connectivity index (χ0n) is 11.1. The largest absolute Gasteiger partial charge is 0.486 e. The molecule has 20 heavy (non-hydrogen) atoms. The average Bonchev–Trinajstić information content (AvgIpc) is 2.89. The van der Waals surface area contributed by atoms with Gasteiger partial charge in [-0.05, 0) is 17.7 Å². The predicted octanol–water partition coefficient (Wildman–Crippen LogP) is 2.15. The first-order valence-electron chi connectivity index (χ1n) is 6.95. The van der Waals surface area contributed by atoms with E-state index in [4.69, 9.17) is 14.5 Å². The van der Waals surface area contributed by atoms with E-state index in [1.807, 2.05) is 17.4 Å². The van der Waals surface area contributed by atoms with Crippen LogP contribution < -0.4 is 14.8 Å². The van der Waals surface area contributed by atoms with E-state index in [2.05, 4.69) is 17.4 Å². The Labute approximate surface area is 121 Å². The first-order valence-corrected chi connectivity index (χ1v) is 7.77. The molecule has 1 aromatic carbocycles. The molecule has 2 aliphatic rings. The molecule has 2 aromatic rings. The number of hydrogen-bond donors (Lipinski definition) is 1. The van der Waals surface area contributed by atoms with Crippen LogP contribution in [0.1, 0.15) is 21.1 Å². The summed E-state index contributed by atoms with van der Waals surface area (Å²) in [5, 5.41) is 4.58. The molecule has 0 atom stereocenters. The minimum atomic E-state index is 0.633. The van der Waals surface area contributed by atoms with Gasteiger partial charge in [0.25, 0.3) is 0 Å². The van der Waals surface area contributed by atoms with Crippen LogP contribution in [0.15, 0.2) is 18.2 Å². The van der Waals surface area contributed by atoms with Gasteiger partial charge in [0.05, 0.1) is 10.7 Å². The molecule has 0 saturated carbocycles. The summed E-state index contributed by atoms with van der Waals surface area (Å²) in [7, 11) is 0. The summed E-state index contributed by atoms with van der Waals surface area (Å²) in [5.41, 5.74) is 2.51. The van der Waals surface area contributed by atoms with Crippen molar-refractivity contribution in [3.05, 3.63) is 39.3 Å². The third-order valence-corrected chi connectivity index (χ3v) is 4.71. The maximum Gasteiger partial charge on any atom is 0.161 e. The van der Waals surface area contributed by atoms with Gasteiger partial charge >= 0.3 is 0 Å². The molecule has 0 spiro atoms. The number of fused-ring (bicyclic) bond motifs is 2. The Morgan fingerprint density at radius 3 is 3.00 bits per heavy atom. The average molecular weight is 288 g/mol. The molecule has 0 bridgehead atoms. The van der Waals surface area contributed by atoms with Crippen LogP contribution in [0.5, 0.6) is 11.5 Å². The Kier molecular flexibility index (Phi) is 3.09. The predicted molar refractivity (Wildman–Crippen MR) is 77.8 cm³/mol. The molecule has 3 heterocycles. The summed E-state index contributed by atoms with van der Waals surface area (Å²) in [4.78, 5) is 6.16. The van der Waals surface area contributed by atoms with Gasteiger partial charge in [-0.1, -0.05) is 6.07 Å². The molecular formula is C15H16N2O2S. The Balaban J connectivity index is 1.57. The van der Waals surface area contributed by atoms with Gasteiger partial charge in [0.15, 0.2) is 11.5 Å². The van der Waals surface area contributed by atoms with Crippen molar-refractivity contribution in [2.75, 3.05) is 19.8 Å². The maximum atomic E-state index is 5.63. The van der Waals surface area contributed by atoms with E-state index in [-0.39, 0.29) is 0 Å². The van der Waals surface area contributed by atoms with Gasteiger partial charge in [-0.25, -0.2) is 4.98 Å². The van der Waals surface area contributed by atoms with Crippen LogP contribution in [0.2, 0.25) is 0 Å². The van der Waals surface area contributed by atoms with Gasteiger partial charge in [-0.3, -0.25) is 0 Å². The molecule has 5 heteroatoms. The van der Waals surface area contributed by atoms with E-state index < -0.39 is 0 Å². The molecular weight excluding hydrogens is 272 g/mol. The number of rotatable bonds is 2. The summed E-state index contributed by atoms with van der Waals surface area (Å²) in [6, 6.07) is 6.18. The summed E-state index contributed by atoms with van der Waals surface area (Å²) < 4.78 is 11.2. The lowest BCUT2D eigenvalue weighted by molar-refractivity contribution is 0.171. The minimum Gasteiger partial charge on any atom is -0.486 e. The summed E-state index contributed by atoms with van der Waals surface area (Å²) in [6.45, 7) is 3.28. The smallest absolute Gasteiger partial charge is 0.161 e. The zero-order valence-corrected chi connectivity index (χ0v) is 12.0. The van der Waals surface area contributed by atoms with Crippen LogP contribution in [0.4, 0.5) is 0 Å². The van der Waals surface area contributed by atoms with E-state index in [1.54, 1.807) is 0 Å². The summed E-state index contributed by atoms with van der Waals surface area (Å²) >= 11 is 1.82. The molecule has 0 aliphatic carbocycles. The van der Waals surface area contributed by atoms with E-state index in [1.165, 1.54) is 21.1 Å². The van der Waals surface area contributed by atoms with Crippen LogP contribution in [0.3, 0.4) is 0 Å². The van der Waals surface area contributed by atoms with Crippen LogP contribution in [0.25, 0.3) is 0 Å². The second-order valence-electron chi connectivity index (χ2n) is 5.06. The number of aromatic nitrogens is 1. The van der Waals surface area contributed by atoms with Crippen molar-refractivity contribution >= 4 is 11.3 Å². The Hall–Kier alpha value is -1.59. The molecule has 0 saturated heterocycles. The molecule has 0 fully saturated rings. The SMILES string of the molecule is c1cc2c(cc1Cc1nc3c(s1)CNCC3)OCCO2. The highest BCUT2D eigenvalue weighted by Gasteiger charge is 2.16. The van der Waals surface area contributed by atoms with Gasteiger partial charge in [0, 0.05) is 30.8 Å². The van der Waals surface area contributed by atoms with Gasteiger partial charge in [-0.2, -0.15) is 0 Å². The molecule has 1 N–H and O–H groups in total. The van der Waals surface area contributed by atoms with Crippen molar-refractivity contribution in [2.45, 2.75) is 19.4 Å². The molecule has 104 valence electrons. The lowest BCUT2D eigenvalue weighted by atomic mass is 10.1. The van der Waals surface area contributed by atoms with Crippen molar-refractivity contribution in [3.8, 4) is 11.5 Å². The molecule has 0 amide bonds. The van der Waals surface area contributed by atoms with Gasteiger partial charge in [0.2, 0.25) is 0 Å². The number of benzene rings is 1. The van der Waals surface area contributed by atoms with Crippen molar-refractivity contribution < 1.29 is 9.47 Å². The fourth-order valence-corrected chi connectivity index (χ4v) is 3.75. The zero-order chi connectivity index (χ0) is 13.4. The van der Waals surface area contributed by atoms with Gasteiger partial charge in [0.1, 0.15) is 13.2 Å². The molecule has 0 unspecified atom stereocenters. The van der Waals surface area contributed by atoms with Crippen molar-refractivity contribution in [1.82, 2.24) is 10.3 Å². The second-order valence-corrected chi connectivity index (χ2v) is 6.23. The van der Waals surface area contributed by atoms with Gasteiger partial charge in [-0.15, -0.1) is 11.3 Å². The maximum absolute atomic E-state index is 5.63. The number of ether oxygens (including phenoxy) is 2. The van der Waals surface area contributed by atoms with Crippen LogP contribution in [-0.4, -0.2) is 24.7 Å². The first-order chi connectivity index (χ1) is 9.88. The molecule has 4 nitrogen and oxygen atoms in total. The quantitative estimate of drug-likeness (QED) is 0.919. The summed E-state index contributed by atoms with van der Waals surface area (Å²) in [6.07, 6.45) is 1.92. The number of nitrogens with one attached hydrogen (secondary N) is 1. The monoisotopic (exact) mass is 288 g/mol. The van der Waals surface area contributed by atoms with Crippen molar-refractivity contribution in [1.29, 1.82) is 0 Å². The lowest BCUT2D eigenvalue weighted by Crippen LogP contribution is -2.22. The lowest BCUT2D eigenvalue weighted by Gasteiger charge is -2.18. The Morgan fingerprint density at radius 1 is 1.20 bits per heavy atom. The first kappa shape index (κ1) is 12.2. The van der Waals surface area contributed by atoms with Gasteiger partial charge < -0.3 is 14.8 Å². The summed E-state index contributed by atoms with van der Waals surface area (Å²) in [5.74, 6) is 1.71. The third kappa shape index (κ3) is 2.27. The normalized spacial score (nSPS) is 16.8. The van der Waals surface area contributed by atoms with Crippen molar-refractivity contribution in [3.63, 3.8) is 0 Å². The highest BCUT2D eigenvalue weighted by molar-refractivity contribution is 7.11. The van der Waals surface area contributed by atoms with Crippen molar-refractivity contribution in [2.24, 2.45) is 0 Å². The van der Waals surface area contributed by atoms with Crippen LogP contribution in [-0.2, 0) is 19.4 Å². The second kappa shape index (κ2) is 5.07. The number of thiazole rings is 1. The fraction of sp³-hybridized carbons (Fsp3) is 0.400. The number of hydrogen-bond acceptors (Lipinski definition) is 5. The van der Waals surface area contributed by atoms with E-state index in [9.17, 15) is 0 Å². The Bertz CT molecular complexity index is 615. The number of nitrogens with zero attached hydrogens (tertiary/aromatic N) is 1. The van der Waals surface area contributed by atoms with E-state index >= 15 is 0 Å². The highest BCUT2D eigenvalue weighted by Crippen LogP contribution is 2.32.